The predicted octanol–water partition coefficient (Wildman–Crippen LogP) is 2.74. The molecule has 1 fully saturated rings. The van der Waals surface area contributed by atoms with Crippen molar-refractivity contribution in [1.82, 2.24) is 0 Å². The maximum Gasteiger partial charge on any atom is 0.150 e. The maximum atomic E-state index is 11.6. The molecule has 0 aromatic carbocycles. The number of unbranched alkanes of at least 4 members (excludes halogenated alkanes) is 1. The van der Waals surface area contributed by atoms with E-state index in [1.165, 1.54) is 25.2 Å². The van der Waals surface area contributed by atoms with Crippen LogP contribution >= 0.6 is 0 Å². The number of rotatable bonds is 5. The minimum absolute atomic E-state index is 0.368. The van der Waals surface area contributed by atoms with Gasteiger partial charge >= 0.3 is 0 Å². The van der Waals surface area contributed by atoms with Crippen LogP contribution in [0.5, 0.6) is 0 Å². The summed E-state index contributed by atoms with van der Waals surface area (Å²) in [5.74, 6) is 2.02. The number of sulfone groups is 1. The van der Waals surface area contributed by atoms with E-state index in [-0.39, 0.29) is 0 Å². The number of hydrogen-bond donors (Lipinski definition) is 0. The summed E-state index contributed by atoms with van der Waals surface area (Å²) in [4.78, 5) is 0. The molecule has 0 amide bonds. The lowest BCUT2D eigenvalue weighted by atomic mass is 9.91. The summed E-state index contributed by atoms with van der Waals surface area (Å²) in [7, 11) is -2.78. The van der Waals surface area contributed by atoms with Crippen molar-refractivity contribution in [3.05, 3.63) is 5.92 Å². The van der Waals surface area contributed by atoms with E-state index in [0.29, 0.717) is 11.5 Å². The highest BCUT2D eigenvalue weighted by atomic mass is 32.2. The van der Waals surface area contributed by atoms with Gasteiger partial charge in [-0.05, 0) is 25.2 Å². The Labute approximate surface area is 88.0 Å². The molecule has 1 aliphatic carbocycles. The van der Waals surface area contributed by atoms with Crippen molar-refractivity contribution in [2.24, 2.45) is 0 Å². The van der Waals surface area contributed by atoms with Crippen LogP contribution in [0.1, 0.15) is 51.9 Å². The molecule has 1 rings (SSSR count). The van der Waals surface area contributed by atoms with Gasteiger partial charge in [0, 0.05) is 0 Å². The summed E-state index contributed by atoms with van der Waals surface area (Å²) in [5.41, 5.74) is 0. The van der Waals surface area contributed by atoms with Crippen molar-refractivity contribution in [1.29, 1.82) is 0 Å². The van der Waals surface area contributed by atoms with E-state index in [2.05, 4.69) is 0 Å². The van der Waals surface area contributed by atoms with Crippen LogP contribution in [0.2, 0.25) is 0 Å². The zero-order valence-electron chi connectivity index (χ0n) is 9.09. The SMILES string of the molecule is CCCCS(=O)(=O)C[C]1CCCCC1. The molecule has 0 aromatic rings. The molecule has 2 nitrogen and oxygen atoms in total. The Bertz CT molecular complexity index is 238. The molecule has 1 aliphatic rings. The van der Waals surface area contributed by atoms with Crippen LogP contribution in [0.4, 0.5) is 0 Å². The van der Waals surface area contributed by atoms with Gasteiger partial charge in [-0.1, -0.05) is 32.6 Å². The Morgan fingerprint density at radius 1 is 1.14 bits per heavy atom. The molecular weight excluding hydrogens is 196 g/mol. The molecular formula is C11H21O2S. The Morgan fingerprint density at radius 2 is 1.79 bits per heavy atom. The molecule has 14 heavy (non-hydrogen) atoms. The average Bonchev–Trinajstić information content (AvgIpc) is 2.16. The molecule has 0 aliphatic heterocycles. The molecule has 1 radical (unpaired) electrons. The summed E-state index contributed by atoms with van der Waals surface area (Å²) in [6.45, 7) is 2.03. The van der Waals surface area contributed by atoms with E-state index in [1.807, 2.05) is 6.92 Å². The zero-order valence-corrected chi connectivity index (χ0v) is 9.91. The summed E-state index contributed by atoms with van der Waals surface area (Å²) in [6, 6.07) is 0. The Hall–Kier alpha value is -0.0500. The minimum Gasteiger partial charge on any atom is -0.229 e. The van der Waals surface area contributed by atoms with Gasteiger partial charge < -0.3 is 0 Å². The van der Waals surface area contributed by atoms with Crippen LogP contribution in [0.3, 0.4) is 0 Å². The molecule has 0 bridgehead atoms. The summed E-state index contributed by atoms with van der Waals surface area (Å²) < 4.78 is 23.3. The third-order valence-corrected chi connectivity index (χ3v) is 4.55. The van der Waals surface area contributed by atoms with Gasteiger partial charge in [0.1, 0.15) is 0 Å². The normalized spacial score (nSPS) is 19.8. The van der Waals surface area contributed by atoms with Crippen molar-refractivity contribution >= 4 is 9.84 Å². The van der Waals surface area contributed by atoms with Gasteiger partial charge in [-0.15, -0.1) is 0 Å². The van der Waals surface area contributed by atoms with Gasteiger partial charge in [-0.3, -0.25) is 0 Å². The molecule has 1 saturated carbocycles. The van der Waals surface area contributed by atoms with E-state index in [4.69, 9.17) is 0 Å². The highest BCUT2D eigenvalue weighted by Crippen LogP contribution is 2.26. The molecule has 0 unspecified atom stereocenters. The molecule has 0 heterocycles. The van der Waals surface area contributed by atoms with E-state index in [9.17, 15) is 8.42 Å². The van der Waals surface area contributed by atoms with Gasteiger partial charge in [-0.2, -0.15) is 0 Å². The Morgan fingerprint density at radius 3 is 2.36 bits per heavy atom. The first kappa shape index (κ1) is 12.0. The average molecular weight is 217 g/mol. The van der Waals surface area contributed by atoms with Crippen molar-refractivity contribution in [3.63, 3.8) is 0 Å². The van der Waals surface area contributed by atoms with E-state index in [1.54, 1.807) is 0 Å². The standard InChI is InChI=1S/C11H21O2S/c1-2-3-9-14(12,13)10-11-7-5-4-6-8-11/h2-10H2,1H3. The second kappa shape index (κ2) is 5.74. The Kier molecular flexibility index (Phi) is 4.93. The van der Waals surface area contributed by atoms with E-state index < -0.39 is 9.84 Å². The molecule has 0 spiro atoms. The fourth-order valence-corrected chi connectivity index (χ4v) is 3.73. The van der Waals surface area contributed by atoms with Crippen LogP contribution in [-0.2, 0) is 9.84 Å². The van der Waals surface area contributed by atoms with Crippen LogP contribution in [0, 0.1) is 5.92 Å². The number of hydrogen-bond acceptors (Lipinski definition) is 2. The maximum absolute atomic E-state index is 11.6. The third-order valence-electron chi connectivity index (χ3n) is 2.79. The summed E-state index contributed by atoms with van der Waals surface area (Å²) >= 11 is 0. The fourth-order valence-electron chi connectivity index (χ4n) is 1.94. The summed E-state index contributed by atoms with van der Waals surface area (Å²) in [6.07, 6.45) is 7.54. The first-order chi connectivity index (χ1) is 6.64. The lowest BCUT2D eigenvalue weighted by Gasteiger charge is -2.20. The predicted molar refractivity (Wildman–Crippen MR) is 59.9 cm³/mol. The smallest absolute Gasteiger partial charge is 0.150 e. The van der Waals surface area contributed by atoms with Crippen molar-refractivity contribution < 1.29 is 8.42 Å². The molecule has 3 heteroatoms. The summed E-state index contributed by atoms with van der Waals surface area (Å²) in [5, 5.41) is 0. The Balaban J connectivity index is 2.33. The van der Waals surface area contributed by atoms with E-state index >= 15 is 0 Å². The topological polar surface area (TPSA) is 34.1 Å². The highest BCUT2D eigenvalue weighted by Gasteiger charge is 2.21. The molecule has 0 aromatic heterocycles. The second-order valence-electron chi connectivity index (χ2n) is 4.26. The molecule has 0 saturated heterocycles. The van der Waals surface area contributed by atoms with Crippen molar-refractivity contribution in [2.45, 2.75) is 51.9 Å². The highest BCUT2D eigenvalue weighted by molar-refractivity contribution is 7.91. The third kappa shape index (κ3) is 4.45. The minimum atomic E-state index is -2.78. The fraction of sp³-hybridized carbons (Fsp3) is 0.909. The molecule has 83 valence electrons. The van der Waals surface area contributed by atoms with Crippen LogP contribution < -0.4 is 0 Å². The van der Waals surface area contributed by atoms with Gasteiger partial charge in [0.2, 0.25) is 0 Å². The van der Waals surface area contributed by atoms with Gasteiger partial charge in [0.25, 0.3) is 0 Å². The van der Waals surface area contributed by atoms with Gasteiger partial charge in [-0.25, -0.2) is 8.42 Å². The van der Waals surface area contributed by atoms with Crippen molar-refractivity contribution in [2.75, 3.05) is 11.5 Å². The second-order valence-corrected chi connectivity index (χ2v) is 6.44. The van der Waals surface area contributed by atoms with E-state index in [0.717, 1.165) is 25.7 Å². The van der Waals surface area contributed by atoms with Crippen LogP contribution in [0.15, 0.2) is 0 Å². The largest absolute Gasteiger partial charge is 0.229 e. The van der Waals surface area contributed by atoms with Crippen LogP contribution in [0.25, 0.3) is 0 Å². The quantitative estimate of drug-likeness (QED) is 0.709. The van der Waals surface area contributed by atoms with Gasteiger partial charge in [0.15, 0.2) is 9.84 Å². The molecule has 0 atom stereocenters. The first-order valence-corrected chi connectivity index (χ1v) is 7.50. The first-order valence-electron chi connectivity index (χ1n) is 5.68. The molecule has 0 N–H and O–H groups in total. The monoisotopic (exact) mass is 217 g/mol. The van der Waals surface area contributed by atoms with Crippen LogP contribution in [-0.4, -0.2) is 19.9 Å². The zero-order chi connectivity index (χ0) is 10.4. The van der Waals surface area contributed by atoms with Crippen molar-refractivity contribution in [3.8, 4) is 0 Å². The lowest BCUT2D eigenvalue weighted by molar-refractivity contribution is 0.530. The van der Waals surface area contributed by atoms with Gasteiger partial charge in [0.05, 0.1) is 11.5 Å². The lowest BCUT2D eigenvalue weighted by Crippen LogP contribution is -2.19.